The lowest BCUT2D eigenvalue weighted by Gasteiger charge is -2.22. The lowest BCUT2D eigenvalue weighted by molar-refractivity contribution is 0.218. The van der Waals surface area contributed by atoms with Crippen LogP contribution in [0.2, 0.25) is 0 Å². The zero-order valence-corrected chi connectivity index (χ0v) is 27.1. The number of aryl methyl sites for hydroxylation is 2. The van der Waals surface area contributed by atoms with Crippen molar-refractivity contribution in [3.8, 4) is 51.7 Å². The van der Waals surface area contributed by atoms with Gasteiger partial charge in [-0.3, -0.25) is 0 Å². The van der Waals surface area contributed by atoms with Gasteiger partial charge in [-0.15, -0.1) is 0 Å². The minimum absolute atomic E-state index is 0.0375. The highest BCUT2D eigenvalue weighted by Crippen LogP contribution is 2.58. The van der Waals surface area contributed by atoms with Gasteiger partial charge >= 0.3 is 0 Å². The van der Waals surface area contributed by atoms with E-state index in [4.69, 9.17) is 9.47 Å². The van der Waals surface area contributed by atoms with Crippen molar-refractivity contribution in [2.75, 3.05) is 0 Å². The van der Waals surface area contributed by atoms with Crippen LogP contribution in [-0.2, 0) is 12.8 Å². The van der Waals surface area contributed by atoms with Crippen LogP contribution in [0.4, 0.5) is 0 Å². The van der Waals surface area contributed by atoms with Crippen molar-refractivity contribution < 1.29 is 45.2 Å². The summed E-state index contributed by atoms with van der Waals surface area (Å²) < 4.78 is 13.2. The Morgan fingerprint density at radius 3 is 1.33 bits per heavy atom. The minimum Gasteiger partial charge on any atom is -0.508 e. The third-order valence-corrected chi connectivity index (χ3v) is 9.78. The highest BCUT2D eigenvalue weighted by molar-refractivity contribution is 5.63. The van der Waals surface area contributed by atoms with Crippen molar-refractivity contribution in [1.82, 2.24) is 0 Å². The molecule has 51 heavy (non-hydrogen) atoms. The van der Waals surface area contributed by atoms with Gasteiger partial charge in [-0.25, -0.2) is 0 Å². The molecule has 6 aromatic carbocycles. The van der Waals surface area contributed by atoms with Gasteiger partial charge in [-0.05, 0) is 119 Å². The van der Waals surface area contributed by atoms with Crippen molar-refractivity contribution in [1.29, 1.82) is 0 Å². The molecule has 8 rings (SSSR count). The number of hydrogen-bond donors (Lipinski definition) is 7. The molecule has 0 unspecified atom stereocenters. The number of benzene rings is 6. The van der Waals surface area contributed by atoms with Gasteiger partial charge in [-0.2, -0.15) is 0 Å². The maximum Gasteiger partial charge on any atom is 0.135 e. The normalized spacial score (nSPS) is 18.8. The molecule has 9 heteroatoms. The van der Waals surface area contributed by atoms with Gasteiger partial charge in [0.2, 0.25) is 0 Å². The number of fused-ring (bicyclic) bond motifs is 2. The topological polar surface area (TPSA) is 160 Å². The molecule has 0 saturated heterocycles. The molecule has 6 aromatic rings. The monoisotopic (exact) mass is 682 g/mol. The Hall–Kier alpha value is -6.48. The Labute approximate surface area is 293 Å². The molecular weight excluding hydrogens is 648 g/mol. The molecule has 0 bridgehead atoms. The second kappa shape index (κ2) is 12.4. The zero-order chi connectivity index (χ0) is 35.4. The smallest absolute Gasteiger partial charge is 0.135 e. The average molecular weight is 683 g/mol. The lowest BCUT2D eigenvalue weighted by atomic mass is 9.81. The van der Waals surface area contributed by atoms with Gasteiger partial charge in [0, 0.05) is 17.2 Å². The Bertz CT molecular complexity index is 2230. The summed E-state index contributed by atoms with van der Waals surface area (Å²) in [5.41, 5.74) is 5.46. The summed E-state index contributed by atoms with van der Waals surface area (Å²) in [4.78, 5) is 0. The first kappa shape index (κ1) is 31.8. The van der Waals surface area contributed by atoms with E-state index in [1.54, 1.807) is 72.8 Å². The molecule has 0 spiro atoms. The summed E-state index contributed by atoms with van der Waals surface area (Å²) in [5.74, 6) is -0.327. The van der Waals surface area contributed by atoms with E-state index in [1.807, 2.05) is 24.3 Å². The number of aromatic hydroxyl groups is 7. The molecular formula is C42H34O9. The van der Waals surface area contributed by atoms with Crippen molar-refractivity contribution in [2.24, 2.45) is 0 Å². The summed E-state index contributed by atoms with van der Waals surface area (Å²) in [6, 6.07) is 31.5. The molecule has 0 fully saturated rings. The predicted octanol–water partition coefficient (Wildman–Crippen LogP) is 7.94. The molecule has 2 aliphatic rings. The summed E-state index contributed by atoms with van der Waals surface area (Å²) in [7, 11) is 0. The molecule has 4 atom stereocenters. The van der Waals surface area contributed by atoms with Crippen molar-refractivity contribution in [3.05, 3.63) is 160 Å². The van der Waals surface area contributed by atoms with Gasteiger partial charge < -0.3 is 45.2 Å². The largest absolute Gasteiger partial charge is 0.508 e. The summed E-state index contributed by atoms with van der Waals surface area (Å²) in [6.07, 6.45) is -0.0293. The van der Waals surface area contributed by atoms with Crippen molar-refractivity contribution in [3.63, 3.8) is 0 Å². The fraction of sp³-hybridized carbons (Fsp3) is 0.143. The first-order valence-corrected chi connectivity index (χ1v) is 16.6. The molecule has 256 valence electrons. The van der Waals surface area contributed by atoms with Crippen LogP contribution in [0.1, 0.15) is 68.6 Å². The van der Waals surface area contributed by atoms with Gasteiger partial charge in [0.1, 0.15) is 64.0 Å². The fourth-order valence-corrected chi connectivity index (χ4v) is 7.44. The Morgan fingerprint density at radius 1 is 0.373 bits per heavy atom. The predicted molar refractivity (Wildman–Crippen MR) is 188 cm³/mol. The maximum atomic E-state index is 11.8. The molecule has 0 aromatic heterocycles. The molecule has 0 saturated carbocycles. The summed E-state index contributed by atoms with van der Waals surface area (Å²) >= 11 is 0. The first-order chi connectivity index (χ1) is 24.6. The average Bonchev–Trinajstić information content (AvgIpc) is 3.68. The van der Waals surface area contributed by atoms with Crippen molar-refractivity contribution in [2.45, 2.75) is 36.9 Å². The van der Waals surface area contributed by atoms with E-state index in [0.717, 1.165) is 16.7 Å². The molecule has 0 aliphatic carbocycles. The highest BCUT2D eigenvalue weighted by Gasteiger charge is 2.44. The van der Waals surface area contributed by atoms with Crippen LogP contribution in [0, 0.1) is 0 Å². The molecule has 0 radical (unpaired) electrons. The van der Waals surface area contributed by atoms with Crippen LogP contribution in [0.25, 0.3) is 0 Å². The molecule has 9 nitrogen and oxygen atoms in total. The SMILES string of the molecule is Oc1ccc(CCc2cc(O)c3c(c2)O[C@H](c2ccc(O)cc2)[C@H]3c2cc(O)c3c(c2)O[C@@H](c2ccc(O)cc2)[C@@H]3c2cc(O)cc(O)c2)cc1. The molecule has 2 heterocycles. The van der Waals surface area contributed by atoms with Gasteiger partial charge in [0.05, 0.1) is 11.8 Å². The van der Waals surface area contributed by atoms with Gasteiger partial charge in [0.15, 0.2) is 0 Å². The Morgan fingerprint density at radius 2 is 0.804 bits per heavy atom. The molecule has 7 N–H and O–H groups in total. The number of phenolic OH excluding ortho intramolecular Hbond substituents is 7. The zero-order valence-electron chi connectivity index (χ0n) is 27.1. The van der Waals surface area contributed by atoms with E-state index in [2.05, 4.69) is 0 Å². The quantitative estimate of drug-likeness (QED) is 0.0887. The molecule has 2 aliphatic heterocycles. The molecule has 0 amide bonds. The number of ether oxygens (including phenoxy) is 2. The summed E-state index contributed by atoms with van der Waals surface area (Å²) in [6.45, 7) is 0. The first-order valence-electron chi connectivity index (χ1n) is 16.6. The fourth-order valence-electron chi connectivity index (χ4n) is 7.44. The second-order valence-electron chi connectivity index (χ2n) is 13.1. The summed E-state index contributed by atoms with van der Waals surface area (Å²) in [5, 5.41) is 73.8. The van der Waals surface area contributed by atoms with Gasteiger partial charge in [0.25, 0.3) is 0 Å². The van der Waals surface area contributed by atoms with Crippen LogP contribution in [0.3, 0.4) is 0 Å². The number of phenols is 7. The van der Waals surface area contributed by atoms with Crippen LogP contribution in [-0.4, -0.2) is 35.7 Å². The van der Waals surface area contributed by atoms with E-state index < -0.39 is 24.0 Å². The highest BCUT2D eigenvalue weighted by atomic mass is 16.5. The van der Waals surface area contributed by atoms with Crippen LogP contribution in [0.5, 0.6) is 51.7 Å². The van der Waals surface area contributed by atoms with Crippen LogP contribution in [0.15, 0.2) is 115 Å². The van der Waals surface area contributed by atoms with E-state index in [1.165, 1.54) is 18.2 Å². The van der Waals surface area contributed by atoms with E-state index in [9.17, 15) is 35.7 Å². The van der Waals surface area contributed by atoms with Crippen LogP contribution < -0.4 is 9.47 Å². The number of hydrogen-bond acceptors (Lipinski definition) is 9. The van der Waals surface area contributed by atoms with E-state index in [-0.39, 0.29) is 40.2 Å². The third-order valence-electron chi connectivity index (χ3n) is 9.78. The van der Waals surface area contributed by atoms with Crippen molar-refractivity contribution >= 4 is 0 Å². The maximum absolute atomic E-state index is 11.8. The van der Waals surface area contributed by atoms with E-state index >= 15 is 0 Å². The van der Waals surface area contributed by atoms with Crippen LogP contribution >= 0.6 is 0 Å². The van der Waals surface area contributed by atoms with E-state index in [0.29, 0.717) is 52.2 Å². The lowest BCUT2D eigenvalue weighted by Crippen LogP contribution is -2.11. The van der Waals surface area contributed by atoms with Gasteiger partial charge in [-0.1, -0.05) is 36.4 Å². The Balaban J connectivity index is 1.22. The minimum atomic E-state index is -0.687. The number of rotatable bonds is 7. The standard InChI is InChI=1S/C42H34O9/c43-28-9-3-22(4-10-28)1-2-23-15-33(48)39-35(16-23)50-42(25-7-13-30(45)14-8-25)38(39)27-19-34(49)40-36(20-27)51-41(24-5-11-29(44)12-6-24)37(40)26-17-31(46)21-32(47)18-26/h3-21,37-38,41-49H,1-2H2/t37-,38+,41+,42-/m1/s1. The second-order valence-corrected chi connectivity index (χ2v) is 13.1. The third kappa shape index (κ3) is 5.93. The Kier molecular flexibility index (Phi) is 7.75.